The molecule has 218 valence electrons. The molecule has 0 saturated heterocycles. The third-order valence-corrected chi connectivity index (χ3v) is 7.80. The summed E-state index contributed by atoms with van der Waals surface area (Å²) in [7, 11) is -6.14. The first-order valence-corrected chi connectivity index (χ1v) is 18.1. The van der Waals surface area contributed by atoms with Crippen molar-refractivity contribution in [3.8, 4) is 0 Å². The Labute approximate surface area is 224 Å². The minimum absolute atomic E-state index is 0.0599. The average molecular weight is 556 g/mol. The Morgan fingerprint density at radius 3 is 1.08 bits per heavy atom. The standard InChI is InChI=1S/C14H31O3P.C14H29O3P/c1-2-3-4-5-6-7-8-9-10-11-12-13-14-18(15,16)17;1-2-3-4-5-6-7-8-9-10-11-12-13-14-17-18(15)16/h2-14H2,1H3,(H2,15,16,17);2-14H2,1H3/p+1. The molecule has 0 rings (SSSR count). The van der Waals surface area contributed by atoms with Gasteiger partial charge in [0.25, 0.3) is 0 Å². The van der Waals surface area contributed by atoms with Crippen LogP contribution < -0.4 is 0 Å². The third-order valence-electron chi connectivity index (χ3n) is 6.50. The van der Waals surface area contributed by atoms with Gasteiger partial charge in [0.2, 0.25) is 0 Å². The van der Waals surface area contributed by atoms with Crippen molar-refractivity contribution in [2.45, 2.75) is 168 Å². The molecular weight excluding hydrogens is 494 g/mol. The molecule has 0 heterocycles. The number of hydrogen-bond donors (Lipinski definition) is 3. The molecule has 0 bridgehead atoms. The van der Waals surface area contributed by atoms with Crippen molar-refractivity contribution in [1.29, 1.82) is 0 Å². The number of rotatable bonds is 27. The normalized spacial score (nSPS) is 11.9. The molecule has 8 heteroatoms. The Balaban J connectivity index is 0. The van der Waals surface area contributed by atoms with E-state index in [1.807, 2.05) is 0 Å². The lowest BCUT2D eigenvalue weighted by Crippen LogP contribution is -1.88. The molecule has 0 radical (unpaired) electrons. The maximum Gasteiger partial charge on any atom is 0.694 e. The van der Waals surface area contributed by atoms with E-state index in [0.29, 0.717) is 13.0 Å². The summed E-state index contributed by atoms with van der Waals surface area (Å²) >= 11 is 0. The van der Waals surface area contributed by atoms with Gasteiger partial charge in [-0.3, -0.25) is 4.57 Å². The van der Waals surface area contributed by atoms with Crippen molar-refractivity contribution in [1.82, 2.24) is 0 Å². The van der Waals surface area contributed by atoms with E-state index in [-0.39, 0.29) is 6.16 Å². The van der Waals surface area contributed by atoms with Crippen LogP contribution in [-0.2, 0) is 13.7 Å². The Morgan fingerprint density at radius 1 is 0.528 bits per heavy atom. The van der Waals surface area contributed by atoms with Crippen molar-refractivity contribution in [2.24, 2.45) is 0 Å². The summed E-state index contributed by atoms with van der Waals surface area (Å²) in [5.74, 6) is 0. The van der Waals surface area contributed by atoms with Gasteiger partial charge in [0.05, 0.1) is 0 Å². The van der Waals surface area contributed by atoms with Crippen molar-refractivity contribution in [3.05, 3.63) is 0 Å². The fourth-order valence-corrected chi connectivity index (χ4v) is 5.17. The number of hydrogen-bond acceptors (Lipinski definition) is 3. The van der Waals surface area contributed by atoms with Crippen LogP contribution >= 0.6 is 15.9 Å². The minimum Gasteiger partial charge on any atom is -0.324 e. The molecule has 1 unspecified atom stereocenters. The molecule has 0 aliphatic heterocycles. The molecule has 0 aliphatic rings. The predicted molar refractivity (Wildman–Crippen MR) is 155 cm³/mol. The fraction of sp³-hybridized carbons (Fsp3) is 1.00. The van der Waals surface area contributed by atoms with Gasteiger partial charge >= 0.3 is 15.9 Å². The van der Waals surface area contributed by atoms with Gasteiger partial charge in [-0.2, -0.15) is 0 Å². The zero-order valence-electron chi connectivity index (χ0n) is 23.8. The molecular formula is C28H61O6P2+. The summed E-state index contributed by atoms with van der Waals surface area (Å²) in [5.41, 5.74) is 0. The van der Waals surface area contributed by atoms with E-state index in [0.717, 1.165) is 25.7 Å². The Hall–Kier alpha value is 0.170. The van der Waals surface area contributed by atoms with E-state index in [4.69, 9.17) is 14.7 Å². The highest BCUT2D eigenvalue weighted by Gasteiger charge is 2.11. The van der Waals surface area contributed by atoms with Crippen LogP contribution in [0.2, 0.25) is 0 Å². The maximum atomic E-state index is 10.6. The quantitative estimate of drug-likeness (QED) is 0.0688. The van der Waals surface area contributed by atoms with Crippen LogP contribution in [0, 0.1) is 0 Å². The summed E-state index contributed by atoms with van der Waals surface area (Å²) < 4.78 is 25.4. The van der Waals surface area contributed by atoms with Crippen molar-refractivity contribution < 1.29 is 28.3 Å². The third kappa shape index (κ3) is 41.3. The minimum atomic E-state index is -3.75. The van der Waals surface area contributed by atoms with E-state index in [1.54, 1.807) is 0 Å². The first-order chi connectivity index (χ1) is 17.3. The van der Waals surface area contributed by atoms with Crippen LogP contribution in [0.4, 0.5) is 0 Å². The maximum absolute atomic E-state index is 10.6. The Bertz CT molecular complexity index is 485. The highest BCUT2D eigenvalue weighted by Crippen LogP contribution is 2.35. The first-order valence-electron chi connectivity index (χ1n) is 15.2. The van der Waals surface area contributed by atoms with Gasteiger partial charge in [0.15, 0.2) is 0 Å². The van der Waals surface area contributed by atoms with Crippen molar-refractivity contribution >= 4 is 15.9 Å². The topological polar surface area (TPSA) is 104 Å². The summed E-state index contributed by atoms with van der Waals surface area (Å²) in [6, 6.07) is 0. The second-order valence-corrected chi connectivity index (χ2v) is 12.7. The van der Waals surface area contributed by atoms with Gasteiger partial charge in [-0.1, -0.05) is 155 Å². The average Bonchev–Trinajstić information content (AvgIpc) is 2.82. The van der Waals surface area contributed by atoms with Crippen LogP contribution in [0.1, 0.15) is 168 Å². The zero-order valence-corrected chi connectivity index (χ0v) is 25.6. The van der Waals surface area contributed by atoms with Gasteiger partial charge in [-0.25, -0.2) is 0 Å². The fourth-order valence-electron chi connectivity index (χ4n) is 4.24. The molecule has 0 fully saturated rings. The zero-order chi connectivity index (χ0) is 27.2. The molecule has 0 spiro atoms. The SMILES string of the molecule is CCCCCCCCCCCCCCO[P+](=O)O.CCCCCCCCCCCCCCP(=O)(O)O. The molecule has 0 amide bonds. The van der Waals surface area contributed by atoms with Gasteiger partial charge in [0, 0.05) is 10.7 Å². The highest BCUT2D eigenvalue weighted by atomic mass is 31.2. The molecule has 0 aliphatic carbocycles. The lowest BCUT2D eigenvalue weighted by molar-refractivity contribution is 0.273. The van der Waals surface area contributed by atoms with Crippen molar-refractivity contribution in [3.63, 3.8) is 0 Å². The lowest BCUT2D eigenvalue weighted by atomic mass is 10.1. The van der Waals surface area contributed by atoms with E-state index in [2.05, 4.69) is 18.4 Å². The van der Waals surface area contributed by atoms with Crippen LogP contribution in [0.3, 0.4) is 0 Å². The largest absolute Gasteiger partial charge is 0.694 e. The summed E-state index contributed by atoms with van der Waals surface area (Å²) in [6.07, 6.45) is 30.4. The monoisotopic (exact) mass is 555 g/mol. The van der Waals surface area contributed by atoms with Gasteiger partial charge in [0.1, 0.15) is 6.61 Å². The molecule has 0 saturated carbocycles. The Kier molecular flexibility index (Phi) is 33.4. The van der Waals surface area contributed by atoms with Crippen LogP contribution in [-0.4, -0.2) is 27.4 Å². The molecule has 0 aromatic heterocycles. The van der Waals surface area contributed by atoms with Gasteiger partial charge in [-0.05, 0) is 12.8 Å². The first kappa shape index (κ1) is 38.3. The molecule has 1 atom stereocenters. The van der Waals surface area contributed by atoms with Crippen LogP contribution in [0.25, 0.3) is 0 Å². The van der Waals surface area contributed by atoms with Crippen LogP contribution in [0.15, 0.2) is 0 Å². The highest BCUT2D eigenvalue weighted by molar-refractivity contribution is 7.51. The smallest absolute Gasteiger partial charge is 0.324 e. The van der Waals surface area contributed by atoms with E-state index < -0.39 is 15.9 Å². The molecule has 6 nitrogen and oxygen atoms in total. The Morgan fingerprint density at radius 2 is 0.806 bits per heavy atom. The summed E-state index contributed by atoms with van der Waals surface area (Å²) in [6.45, 7) is 4.92. The molecule has 0 aromatic carbocycles. The van der Waals surface area contributed by atoms with E-state index in [1.165, 1.54) is 122 Å². The van der Waals surface area contributed by atoms with Gasteiger partial charge in [-0.15, -0.1) is 9.42 Å². The second kappa shape index (κ2) is 31.4. The molecule has 0 aromatic rings. The van der Waals surface area contributed by atoms with Gasteiger partial charge < -0.3 is 9.79 Å². The lowest BCUT2D eigenvalue weighted by Gasteiger charge is -2.04. The molecule has 3 N–H and O–H groups in total. The van der Waals surface area contributed by atoms with Crippen molar-refractivity contribution in [2.75, 3.05) is 12.8 Å². The summed E-state index contributed by atoms with van der Waals surface area (Å²) in [4.78, 5) is 25.8. The molecule has 36 heavy (non-hydrogen) atoms. The van der Waals surface area contributed by atoms with E-state index >= 15 is 0 Å². The van der Waals surface area contributed by atoms with E-state index in [9.17, 15) is 9.13 Å². The second-order valence-electron chi connectivity index (χ2n) is 10.2. The predicted octanol–water partition coefficient (Wildman–Crippen LogP) is 10.2. The number of unbranched alkanes of at least 4 members (excludes halogenated alkanes) is 22. The van der Waals surface area contributed by atoms with Crippen LogP contribution in [0.5, 0.6) is 0 Å². The summed E-state index contributed by atoms with van der Waals surface area (Å²) in [5, 5.41) is 0.